The first-order valence-electron chi connectivity index (χ1n) is 8.58. The molecule has 6 nitrogen and oxygen atoms in total. The van der Waals surface area contributed by atoms with Crippen molar-refractivity contribution in [3.63, 3.8) is 0 Å². The number of phenolic OH excluding ortho intramolecular Hbond substituents is 1. The van der Waals surface area contributed by atoms with Gasteiger partial charge in [0, 0.05) is 36.4 Å². The van der Waals surface area contributed by atoms with Gasteiger partial charge in [-0.15, -0.1) is 0 Å². The number of aromatic hydroxyl groups is 1. The van der Waals surface area contributed by atoms with Crippen LogP contribution in [0.15, 0.2) is 60.9 Å². The zero-order valence-corrected chi connectivity index (χ0v) is 14.8. The van der Waals surface area contributed by atoms with Gasteiger partial charge in [-0.1, -0.05) is 12.1 Å². The molecule has 6 heteroatoms. The number of carbonyl (C=O) groups excluding carboxylic acids is 1. The molecular weight excluding hydrogens is 346 g/mol. The van der Waals surface area contributed by atoms with E-state index < -0.39 is 0 Å². The van der Waals surface area contributed by atoms with E-state index in [1.807, 2.05) is 24.3 Å². The monoisotopic (exact) mass is 365 g/mol. The van der Waals surface area contributed by atoms with Crippen LogP contribution in [0.3, 0.4) is 0 Å². The zero-order valence-electron chi connectivity index (χ0n) is 14.8. The molecule has 1 aliphatic heterocycles. The number of methoxy groups -OCH3 is 1. The number of phenols is 1. The maximum atomic E-state index is 12.7. The summed E-state index contributed by atoms with van der Waals surface area (Å²) in [6.07, 6.45) is 3.62. The lowest BCUT2D eigenvalue weighted by atomic mass is 9.87. The number of carbonyl (C=O) groups is 1. The standard InChI is InChI=1S/C21H19NO5/c1-25-15-6-4-14(5-7-15)16(11-21(24)22-8-2-3-9-22)17-10-19-20(12-18(17)23)27-13-26-19/h2-10,12,16,23H,11,13H2,1H3. The van der Waals surface area contributed by atoms with Crippen LogP contribution in [0.5, 0.6) is 23.0 Å². The molecule has 0 saturated heterocycles. The van der Waals surface area contributed by atoms with Crippen molar-refractivity contribution in [3.8, 4) is 23.0 Å². The van der Waals surface area contributed by atoms with E-state index in [4.69, 9.17) is 14.2 Å². The van der Waals surface area contributed by atoms with Crippen molar-refractivity contribution in [2.24, 2.45) is 0 Å². The number of nitrogens with zero attached hydrogens (tertiary/aromatic N) is 1. The molecule has 4 rings (SSSR count). The summed E-state index contributed by atoms with van der Waals surface area (Å²) >= 11 is 0. The van der Waals surface area contributed by atoms with Crippen LogP contribution in [0.1, 0.15) is 28.3 Å². The predicted molar refractivity (Wildman–Crippen MR) is 98.7 cm³/mol. The fourth-order valence-electron chi connectivity index (χ4n) is 3.25. The third-order valence-corrected chi connectivity index (χ3v) is 4.69. The SMILES string of the molecule is COc1ccc(C(CC(=O)n2cccc2)c2cc3c(cc2O)OCO3)cc1. The van der Waals surface area contributed by atoms with Crippen LogP contribution in [0.4, 0.5) is 0 Å². The van der Waals surface area contributed by atoms with E-state index in [9.17, 15) is 9.90 Å². The van der Waals surface area contributed by atoms with Crippen molar-refractivity contribution in [1.29, 1.82) is 0 Å². The molecule has 1 aliphatic rings. The highest BCUT2D eigenvalue weighted by Gasteiger charge is 2.26. The molecule has 1 N–H and O–H groups in total. The van der Waals surface area contributed by atoms with Gasteiger partial charge >= 0.3 is 0 Å². The number of hydrogen-bond donors (Lipinski definition) is 1. The quantitative estimate of drug-likeness (QED) is 0.745. The van der Waals surface area contributed by atoms with Crippen LogP contribution < -0.4 is 14.2 Å². The Hall–Kier alpha value is -3.41. The molecule has 0 radical (unpaired) electrons. The van der Waals surface area contributed by atoms with E-state index in [0.717, 1.165) is 11.3 Å². The van der Waals surface area contributed by atoms with Gasteiger partial charge in [0.1, 0.15) is 11.5 Å². The molecule has 3 aromatic rings. The number of hydrogen-bond acceptors (Lipinski definition) is 5. The number of fused-ring (bicyclic) bond motifs is 1. The average molecular weight is 365 g/mol. The van der Waals surface area contributed by atoms with E-state index in [2.05, 4.69) is 0 Å². The average Bonchev–Trinajstić information content (AvgIpc) is 3.37. The van der Waals surface area contributed by atoms with E-state index in [1.165, 1.54) is 6.07 Å². The Kier molecular flexibility index (Phi) is 4.46. The van der Waals surface area contributed by atoms with Crippen LogP contribution in [-0.4, -0.2) is 29.5 Å². The van der Waals surface area contributed by atoms with Crippen molar-refractivity contribution >= 4 is 5.91 Å². The summed E-state index contributed by atoms with van der Waals surface area (Å²) in [4.78, 5) is 12.7. The van der Waals surface area contributed by atoms with Gasteiger partial charge in [-0.3, -0.25) is 9.36 Å². The van der Waals surface area contributed by atoms with E-state index in [-0.39, 0.29) is 30.8 Å². The molecule has 1 unspecified atom stereocenters. The topological polar surface area (TPSA) is 69.9 Å². The van der Waals surface area contributed by atoms with Crippen LogP contribution in [0.25, 0.3) is 0 Å². The number of benzene rings is 2. The van der Waals surface area contributed by atoms with Crippen molar-refractivity contribution in [2.75, 3.05) is 13.9 Å². The fourth-order valence-corrected chi connectivity index (χ4v) is 3.25. The Bertz CT molecular complexity index is 947. The van der Waals surface area contributed by atoms with Gasteiger partial charge in [0.25, 0.3) is 0 Å². The van der Waals surface area contributed by atoms with Gasteiger partial charge in [-0.05, 0) is 35.9 Å². The second-order valence-corrected chi connectivity index (χ2v) is 6.28. The highest BCUT2D eigenvalue weighted by atomic mass is 16.7. The Balaban J connectivity index is 1.74. The largest absolute Gasteiger partial charge is 0.508 e. The first kappa shape index (κ1) is 17.0. The number of ether oxygens (including phenoxy) is 3. The Morgan fingerprint density at radius 3 is 2.48 bits per heavy atom. The molecule has 27 heavy (non-hydrogen) atoms. The summed E-state index contributed by atoms with van der Waals surface area (Å²) < 4.78 is 17.5. The fraction of sp³-hybridized carbons (Fsp3) is 0.190. The third-order valence-electron chi connectivity index (χ3n) is 4.69. The summed E-state index contributed by atoms with van der Waals surface area (Å²) in [5.74, 6) is 1.44. The van der Waals surface area contributed by atoms with Crippen LogP contribution in [0.2, 0.25) is 0 Å². The van der Waals surface area contributed by atoms with Crippen molar-refractivity contribution in [3.05, 3.63) is 72.1 Å². The molecule has 0 fully saturated rings. The molecule has 0 spiro atoms. The van der Waals surface area contributed by atoms with E-state index in [0.29, 0.717) is 17.1 Å². The highest BCUT2D eigenvalue weighted by Crippen LogP contribution is 2.43. The minimum absolute atomic E-state index is 0.0698. The summed E-state index contributed by atoms with van der Waals surface area (Å²) in [7, 11) is 1.60. The Labute approximate surface area is 156 Å². The molecule has 138 valence electrons. The van der Waals surface area contributed by atoms with Gasteiger partial charge < -0.3 is 19.3 Å². The van der Waals surface area contributed by atoms with Crippen LogP contribution in [0, 0.1) is 0 Å². The summed E-state index contributed by atoms with van der Waals surface area (Å²) in [6.45, 7) is 0.119. The normalized spacial score (nSPS) is 13.4. The summed E-state index contributed by atoms with van der Waals surface area (Å²) in [5.41, 5.74) is 1.51. The van der Waals surface area contributed by atoms with Gasteiger partial charge in [0.2, 0.25) is 12.7 Å². The minimum atomic E-state index is -0.347. The summed E-state index contributed by atoms with van der Waals surface area (Å²) in [5, 5.41) is 10.6. The molecule has 0 amide bonds. The molecule has 1 aromatic heterocycles. The second kappa shape index (κ2) is 7.07. The highest BCUT2D eigenvalue weighted by molar-refractivity contribution is 5.80. The first-order valence-corrected chi connectivity index (χ1v) is 8.58. The van der Waals surface area contributed by atoms with Gasteiger partial charge in [0.05, 0.1) is 7.11 Å². The maximum Gasteiger partial charge on any atom is 0.231 e. The molecule has 2 heterocycles. The Morgan fingerprint density at radius 2 is 1.81 bits per heavy atom. The van der Waals surface area contributed by atoms with E-state index in [1.54, 1.807) is 42.3 Å². The van der Waals surface area contributed by atoms with Crippen LogP contribution >= 0.6 is 0 Å². The molecular formula is C21H19NO5. The van der Waals surface area contributed by atoms with Crippen LogP contribution in [-0.2, 0) is 0 Å². The first-order chi connectivity index (χ1) is 13.2. The smallest absolute Gasteiger partial charge is 0.231 e. The lowest BCUT2D eigenvalue weighted by Crippen LogP contribution is -2.14. The second-order valence-electron chi connectivity index (χ2n) is 6.28. The molecule has 0 saturated carbocycles. The molecule has 0 aliphatic carbocycles. The van der Waals surface area contributed by atoms with Crippen molar-refractivity contribution in [1.82, 2.24) is 4.57 Å². The third kappa shape index (κ3) is 3.33. The lowest BCUT2D eigenvalue weighted by Gasteiger charge is -2.19. The van der Waals surface area contributed by atoms with Gasteiger partial charge in [-0.2, -0.15) is 0 Å². The van der Waals surface area contributed by atoms with Crippen molar-refractivity contribution in [2.45, 2.75) is 12.3 Å². The minimum Gasteiger partial charge on any atom is -0.508 e. The van der Waals surface area contributed by atoms with E-state index >= 15 is 0 Å². The zero-order chi connectivity index (χ0) is 18.8. The predicted octanol–water partition coefficient (Wildman–Crippen LogP) is 3.79. The molecule has 0 bridgehead atoms. The van der Waals surface area contributed by atoms with Crippen molar-refractivity contribution < 1.29 is 24.1 Å². The Morgan fingerprint density at radius 1 is 1.15 bits per heavy atom. The lowest BCUT2D eigenvalue weighted by molar-refractivity contribution is 0.0897. The van der Waals surface area contributed by atoms with Gasteiger partial charge in [0.15, 0.2) is 11.5 Å². The molecule has 2 aromatic carbocycles. The number of rotatable bonds is 5. The maximum absolute atomic E-state index is 12.7. The summed E-state index contributed by atoms with van der Waals surface area (Å²) in [6, 6.07) is 14.4. The van der Waals surface area contributed by atoms with Gasteiger partial charge in [-0.25, -0.2) is 0 Å². The number of aromatic nitrogens is 1. The molecule has 1 atom stereocenters.